The first-order valence-corrected chi connectivity index (χ1v) is 4.03. The van der Waals surface area contributed by atoms with Crippen LogP contribution in [0.3, 0.4) is 0 Å². The Hall–Kier alpha value is -1.03. The molecule has 4 nitrogen and oxygen atoms in total. The van der Waals surface area contributed by atoms with Gasteiger partial charge in [0.15, 0.2) is 0 Å². The molecule has 0 saturated carbocycles. The first-order valence-electron chi connectivity index (χ1n) is 4.03. The van der Waals surface area contributed by atoms with Crippen molar-refractivity contribution in [2.75, 3.05) is 0 Å². The van der Waals surface area contributed by atoms with Crippen LogP contribution >= 0.6 is 12.4 Å². The Labute approximate surface area is 82.0 Å². The molecule has 1 aliphatic rings. The summed E-state index contributed by atoms with van der Waals surface area (Å²) in [6, 6.07) is 0. The molecule has 0 saturated heterocycles. The number of hydrogen-bond acceptors (Lipinski definition) is 2. The summed E-state index contributed by atoms with van der Waals surface area (Å²) in [5.74, 6) is -0.454. The topological polar surface area (TPSA) is 55.1 Å². The number of aliphatic carboxylic acids is 1. The molecule has 0 aliphatic carbocycles. The van der Waals surface area contributed by atoms with Gasteiger partial charge in [-0.3, -0.25) is 4.79 Å². The molecule has 0 bridgehead atoms. The van der Waals surface area contributed by atoms with Crippen LogP contribution in [0.2, 0.25) is 0 Å². The van der Waals surface area contributed by atoms with Crippen molar-refractivity contribution in [1.29, 1.82) is 0 Å². The Morgan fingerprint density at radius 2 is 2.46 bits per heavy atom. The van der Waals surface area contributed by atoms with E-state index in [1.54, 1.807) is 6.20 Å². The van der Waals surface area contributed by atoms with E-state index in [4.69, 9.17) is 5.11 Å². The number of carboxylic acid groups (broad SMARTS) is 1. The smallest absolute Gasteiger partial charge is 0.314 e. The van der Waals surface area contributed by atoms with Gasteiger partial charge in [0.05, 0.1) is 0 Å². The molecule has 1 atom stereocenters. The largest absolute Gasteiger partial charge is 0.481 e. The second kappa shape index (κ2) is 3.79. The van der Waals surface area contributed by atoms with Crippen molar-refractivity contribution in [1.82, 2.24) is 9.55 Å². The van der Waals surface area contributed by atoms with Crippen molar-refractivity contribution < 1.29 is 9.90 Å². The van der Waals surface area contributed by atoms with Crippen LogP contribution in [-0.4, -0.2) is 20.6 Å². The Morgan fingerprint density at radius 1 is 1.69 bits per heavy atom. The lowest BCUT2D eigenvalue weighted by atomic mass is 9.99. The summed E-state index contributed by atoms with van der Waals surface area (Å²) in [7, 11) is 0. The van der Waals surface area contributed by atoms with Gasteiger partial charge in [0.2, 0.25) is 0 Å². The van der Waals surface area contributed by atoms with Crippen molar-refractivity contribution in [3.05, 3.63) is 18.2 Å². The minimum absolute atomic E-state index is 0. The van der Waals surface area contributed by atoms with Crippen molar-refractivity contribution in [3.8, 4) is 0 Å². The molecule has 0 radical (unpaired) electrons. The second-order valence-electron chi connectivity index (χ2n) is 3.01. The molecule has 1 aromatic heterocycles. The maximum atomic E-state index is 10.8. The molecule has 13 heavy (non-hydrogen) atoms. The molecule has 1 aromatic rings. The molecule has 0 aromatic carbocycles. The molecule has 0 amide bonds. The molecule has 0 fully saturated rings. The third kappa shape index (κ3) is 1.67. The molecule has 1 unspecified atom stereocenters. The molecule has 72 valence electrons. The number of aromatic nitrogens is 2. The number of carboxylic acids is 1. The van der Waals surface area contributed by atoms with Gasteiger partial charge in [-0.05, 0) is 12.8 Å². The van der Waals surface area contributed by atoms with Gasteiger partial charge in [0, 0.05) is 18.9 Å². The van der Waals surface area contributed by atoms with Crippen LogP contribution in [0, 0.1) is 0 Å². The van der Waals surface area contributed by atoms with E-state index in [0.29, 0.717) is 12.2 Å². The first kappa shape index (κ1) is 10.1. The van der Waals surface area contributed by atoms with Gasteiger partial charge in [-0.25, -0.2) is 4.98 Å². The molecule has 5 heteroatoms. The van der Waals surface area contributed by atoms with Crippen LogP contribution < -0.4 is 0 Å². The van der Waals surface area contributed by atoms with E-state index in [0.717, 1.165) is 13.0 Å². The van der Waals surface area contributed by atoms with E-state index >= 15 is 0 Å². The van der Waals surface area contributed by atoms with Crippen LogP contribution in [0.25, 0.3) is 0 Å². The summed E-state index contributed by atoms with van der Waals surface area (Å²) in [5.41, 5.74) is 0. The summed E-state index contributed by atoms with van der Waals surface area (Å²) >= 11 is 0. The Balaban J connectivity index is 0.000000845. The molecular weight excluding hydrogens is 192 g/mol. The van der Waals surface area contributed by atoms with Crippen molar-refractivity contribution in [2.24, 2.45) is 0 Å². The number of rotatable bonds is 1. The van der Waals surface area contributed by atoms with E-state index in [1.165, 1.54) is 0 Å². The Kier molecular flexibility index (Phi) is 2.93. The molecule has 0 spiro atoms. The Bertz CT molecular complexity index is 311. The normalized spacial score (nSPS) is 20.2. The quantitative estimate of drug-likeness (QED) is 0.746. The van der Waals surface area contributed by atoms with Gasteiger partial charge in [0.25, 0.3) is 0 Å². The van der Waals surface area contributed by atoms with Gasteiger partial charge in [-0.15, -0.1) is 12.4 Å². The zero-order valence-corrected chi connectivity index (χ0v) is 7.83. The van der Waals surface area contributed by atoms with Crippen LogP contribution in [0.4, 0.5) is 0 Å². The van der Waals surface area contributed by atoms with Crippen molar-refractivity contribution in [3.63, 3.8) is 0 Å². The number of hydrogen-bond donors (Lipinski definition) is 1. The molecule has 1 aliphatic heterocycles. The van der Waals surface area contributed by atoms with E-state index in [1.807, 2.05) is 10.8 Å². The van der Waals surface area contributed by atoms with Crippen LogP contribution in [-0.2, 0) is 11.3 Å². The van der Waals surface area contributed by atoms with Crippen LogP contribution in [0.15, 0.2) is 12.4 Å². The lowest BCUT2D eigenvalue weighted by Gasteiger charge is -2.19. The van der Waals surface area contributed by atoms with Crippen molar-refractivity contribution >= 4 is 18.4 Å². The van der Waals surface area contributed by atoms with Gasteiger partial charge in [-0.1, -0.05) is 0 Å². The minimum atomic E-state index is -0.762. The number of carbonyl (C=O) groups is 1. The van der Waals surface area contributed by atoms with E-state index in [-0.39, 0.29) is 12.4 Å². The van der Waals surface area contributed by atoms with Crippen LogP contribution in [0.1, 0.15) is 24.6 Å². The maximum Gasteiger partial charge on any atom is 0.314 e. The first-order chi connectivity index (χ1) is 5.79. The SMILES string of the molecule is Cl.O=C(O)C1CCCn2ccnc21. The molecular formula is C8H11ClN2O2. The van der Waals surface area contributed by atoms with Crippen molar-refractivity contribution in [2.45, 2.75) is 25.3 Å². The highest BCUT2D eigenvalue weighted by Gasteiger charge is 2.27. The van der Waals surface area contributed by atoms with E-state index in [9.17, 15) is 4.79 Å². The van der Waals surface area contributed by atoms with Crippen LogP contribution in [0.5, 0.6) is 0 Å². The lowest BCUT2D eigenvalue weighted by Crippen LogP contribution is -2.21. The lowest BCUT2D eigenvalue weighted by molar-refractivity contribution is -0.139. The maximum absolute atomic E-state index is 10.8. The summed E-state index contributed by atoms with van der Waals surface area (Å²) in [6.07, 6.45) is 5.15. The zero-order valence-electron chi connectivity index (χ0n) is 7.01. The minimum Gasteiger partial charge on any atom is -0.481 e. The highest BCUT2D eigenvalue weighted by Crippen LogP contribution is 2.25. The highest BCUT2D eigenvalue weighted by molar-refractivity contribution is 5.85. The summed E-state index contributed by atoms with van der Waals surface area (Å²) in [6.45, 7) is 0.902. The number of fused-ring (bicyclic) bond motifs is 1. The number of halogens is 1. The van der Waals surface area contributed by atoms with Gasteiger partial charge >= 0.3 is 5.97 Å². The zero-order chi connectivity index (χ0) is 8.55. The Morgan fingerprint density at radius 3 is 3.15 bits per heavy atom. The number of aryl methyl sites for hydroxylation is 1. The van der Waals surface area contributed by atoms with Gasteiger partial charge in [-0.2, -0.15) is 0 Å². The average molecular weight is 203 g/mol. The highest BCUT2D eigenvalue weighted by atomic mass is 35.5. The fourth-order valence-corrected chi connectivity index (χ4v) is 1.65. The molecule has 1 N–H and O–H groups in total. The van der Waals surface area contributed by atoms with Gasteiger partial charge in [0.1, 0.15) is 11.7 Å². The predicted molar refractivity (Wildman–Crippen MR) is 49.1 cm³/mol. The average Bonchev–Trinajstić information content (AvgIpc) is 2.49. The summed E-state index contributed by atoms with van der Waals surface area (Å²) < 4.78 is 1.92. The standard InChI is InChI=1S/C8H10N2O2.ClH/c11-8(12)6-2-1-4-10-5-3-9-7(6)10;/h3,5-6H,1-2,4H2,(H,11,12);1H. The summed E-state index contributed by atoms with van der Waals surface area (Å²) in [5, 5.41) is 8.85. The molecule has 2 heterocycles. The monoisotopic (exact) mass is 202 g/mol. The third-order valence-corrected chi connectivity index (χ3v) is 2.25. The number of nitrogens with zero attached hydrogens (tertiary/aromatic N) is 2. The van der Waals surface area contributed by atoms with E-state index in [2.05, 4.69) is 4.98 Å². The van der Waals surface area contributed by atoms with E-state index < -0.39 is 11.9 Å². The fourth-order valence-electron chi connectivity index (χ4n) is 1.65. The second-order valence-corrected chi connectivity index (χ2v) is 3.01. The molecule has 2 rings (SSSR count). The predicted octanol–water partition coefficient (Wildman–Crippen LogP) is 1.27. The summed E-state index contributed by atoms with van der Waals surface area (Å²) in [4.78, 5) is 14.8. The third-order valence-electron chi connectivity index (χ3n) is 2.25. The van der Waals surface area contributed by atoms with Gasteiger partial charge < -0.3 is 9.67 Å². The fraction of sp³-hybridized carbons (Fsp3) is 0.500. The number of imidazole rings is 1.